The molecule has 0 saturated heterocycles. The first-order valence-electron chi connectivity index (χ1n) is 7.42. The van der Waals surface area contributed by atoms with E-state index in [1.807, 2.05) is 0 Å². The van der Waals surface area contributed by atoms with Gasteiger partial charge in [0.1, 0.15) is 0 Å². The van der Waals surface area contributed by atoms with Crippen LogP contribution in [0, 0.1) is 0 Å². The summed E-state index contributed by atoms with van der Waals surface area (Å²) in [7, 11) is 2.39. The van der Waals surface area contributed by atoms with E-state index in [2.05, 4.69) is 33.0 Å². The largest absolute Gasteiger partial charge is 0.347 e. The van der Waals surface area contributed by atoms with Crippen LogP contribution in [0.1, 0.15) is 72.1 Å². The Labute approximate surface area is 104 Å². The van der Waals surface area contributed by atoms with Crippen LogP contribution in [-0.2, 0) is 0 Å². The molecule has 0 fully saturated rings. The van der Waals surface area contributed by atoms with Gasteiger partial charge in [0.05, 0.1) is 0 Å². The van der Waals surface area contributed by atoms with E-state index < -0.39 is 0 Å². The Kier molecular flexibility index (Phi) is 13.1. The summed E-state index contributed by atoms with van der Waals surface area (Å²) in [4.78, 5) is 2.40. The van der Waals surface area contributed by atoms with Crippen LogP contribution < -0.4 is 0 Å². The van der Waals surface area contributed by atoms with Crippen molar-refractivity contribution in [3.05, 3.63) is 0 Å². The van der Waals surface area contributed by atoms with E-state index in [1.165, 1.54) is 57.7 Å². The summed E-state index contributed by atoms with van der Waals surface area (Å²) < 4.78 is 0. The Morgan fingerprint density at radius 1 is 0.688 bits per heavy atom. The molecule has 0 aromatic heterocycles. The van der Waals surface area contributed by atoms with Gasteiger partial charge in [-0.25, -0.2) is 0 Å². The normalized spacial score (nSPS) is 11.0. The van der Waals surface area contributed by atoms with Gasteiger partial charge in [-0.15, -0.1) is 0 Å². The lowest BCUT2D eigenvalue weighted by atomic mass is 9.83. The molecule has 0 rings (SSSR count). The molecule has 1 nitrogen and oxygen atoms in total. The fourth-order valence-electron chi connectivity index (χ4n) is 2.03. The molecule has 0 saturated carbocycles. The third-order valence-corrected chi connectivity index (χ3v) is 3.26. The van der Waals surface area contributed by atoms with Crippen molar-refractivity contribution in [3.63, 3.8) is 0 Å². The summed E-state index contributed by atoms with van der Waals surface area (Å²) in [6.07, 6.45) is 12.6. The van der Waals surface area contributed by atoms with Crippen LogP contribution in [0.3, 0.4) is 0 Å². The zero-order valence-corrected chi connectivity index (χ0v) is 11.8. The van der Waals surface area contributed by atoms with Gasteiger partial charge in [-0.3, -0.25) is 0 Å². The highest BCUT2D eigenvalue weighted by Gasteiger charge is 2.00. The minimum atomic E-state index is 1.16. The van der Waals surface area contributed by atoms with Crippen molar-refractivity contribution >= 4 is 7.41 Å². The van der Waals surface area contributed by atoms with E-state index in [0.717, 1.165) is 13.1 Å². The van der Waals surface area contributed by atoms with E-state index in [0.29, 0.717) is 0 Å². The first-order valence-corrected chi connectivity index (χ1v) is 7.42. The molecule has 0 aliphatic carbocycles. The standard InChI is InChI=1S/C14H31BN/c1-4-7-8-9-10-11-12-13-14-15-16(5-2)6-3/h4-14H2,1-3H3. The Morgan fingerprint density at radius 2 is 1.19 bits per heavy atom. The van der Waals surface area contributed by atoms with E-state index in [9.17, 15) is 0 Å². The fraction of sp³-hybridized carbons (Fsp3) is 1.00. The summed E-state index contributed by atoms with van der Waals surface area (Å²) in [6, 6.07) is 0. The van der Waals surface area contributed by atoms with Crippen LogP contribution in [0.5, 0.6) is 0 Å². The molecule has 0 atom stereocenters. The van der Waals surface area contributed by atoms with E-state index in [-0.39, 0.29) is 0 Å². The van der Waals surface area contributed by atoms with Crippen LogP contribution >= 0.6 is 0 Å². The molecule has 0 aromatic rings. The van der Waals surface area contributed by atoms with Crippen LogP contribution in [0.25, 0.3) is 0 Å². The topological polar surface area (TPSA) is 3.24 Å². The lowest BCUT2D eigenvalue weighted by molar-refractivity contribution is 0.488. The summed E-state index contributed by atoms with van der Waals surface area (Å²) >= 11 is 0. The molecule has 0 heterocycles. The lowest BCUT2D eigenvalue weighted by Gasteiger charge is -2.16. The summed E-state index contributed by atoms with van der Waals surface area (Å²) in [6.45, 7) is 9.06. The smallest absolute Gasteiger partial charge is 0.208 e. The third kappa shape index (κ3) is 10.5. The van der Waals surface area contributed by atoms with Gasteiger partial charge in [0, 0.05) is 0 Å². The Bertz CT molecular complexity index is 124. The second-order valence-electron chi connectivity index (χ2n) is 4.67. The molecule has 0 bridgehead atoms. The highest BCUT2D eigenvalue weighted by molar-refractivity contribution is 6.31. The van der Waals surface area contributed by atoms with Crippen molar-refractivity contribution < 1.29 is 0 Å². The third-order valence-electron chi connectivity index (χ3n) is 3.26. The van der Waals surface area contributed by atoms with Crippen LogP contribution in [-0.4, -0.2) is 25.3 Å². The Morgan fingerprint density at radius 3 is 1.69 bits per heavy atom. The Balaban J connectivity index is 3.03. The second kappa shape index (κ2) is 13.1. The molecule has 2 heteroatoms. The van der Waals surface area contributed by atoms with E-state index in [4.69, 9.17) is 0 Å². The number of nitrogens with zero attached hydrogens (tertiary/aromatic N) is 1. The van der Waals surface area contributed by atoms with Crippen molar-refractivity contribution in [2.75, 3.05) is 13.1 Å². The lowest BCUT2D eigenvalue weighted by Crippen LogP contribution is -2.26. The predicted molar refractivity (Wildman–Crippen MR) is 76.1 cm³/mol. The highest BCUT2D eigenvalue weighted by atomic mass is 15.0. The maximum atomic E-state index is 2.40. The average Bonchev–Trinajstić information content (AvgIpc) is 2.32. The van der Waals surface area contributed by atoms with Crippen LogP contribution in [0.15, 0.2) is 0 Å². The van der Waals surface area contributed by atoms with Crippen LogP contribution in [0.4, 0.5) is 0 Å². The quantitative estimate of drug-likeness (QED) is 0.348. The maximum absolute atomic E-state index is 2.40. The Hall–Kier alpha value is 0.0249. The van der Waals surface area contributed by atoms with Gasteiger partial charge < -0.3 is 4.81 Å². The minimum absolute atomic E-state index is 1.16. The second-order valence-corrected chi connectivity index (χ2v) is 4.67. The minimum Gasteiger partial charge on any atom is -0.347 e. The molecule has 1 radical (unpaired) electrons. The molecule has 0 unspecified atom stereocenters. The van der Waals surface area contributed by atoms with Gasteiger partial charge in [-0.1, -0.05) is 78.5 Å². The van der Waals surface area contributed by atoms with E-state index >= 15 is 0 Å². The van der Waals surface area contributed by atoms with Gasteiger partial charge in [0.15, 0.2) is 0 Å². The zero-order valence-electron chi connectivity index (χ0n) is 11.8. The SMILES string of the molecule is CCCCCCCCCC[B]N(CC)CC. The summed E-state index contributed by atoms with van der Waals surface area (Å²) in [5.41, 5.74) is 0. The molecule has 0 aromatic carbocycles. The average molecular weight is 224 g/mol. The van der Waals surface area contributed by atoms with Crippen LogP contribution in [0.2, 0.25) is 6.32 Å². The van der Waals surface area contributed by atoms with Gasteiger partial charge >= 0.3 is 0 Å². The first-order chi connectivity index (χ1) is 7.85. The fourth-order valence-corrected chi connectivity index (χ4v) is 2.03. The molecule has 0 amide bonds. The highest BCUT2D eigenvalue weighted by Crippen LogP contribution is 2.09. The van der Waals surface area contributed by atoms with Gasteiger partial charge in [-0.05, 0) is 13.1 Å². The van der Waals surface area contributed by atoms with Crippen molar-refractivity contribution in [3.8, 4) is 0 Å². The summed E-state index contributed by atoms with van der Waals surface area (Å²) in [5, 5.41) is 0. The number of rotatable bonds is 12. The molecule has 0 aliphatic rings. The zero-order chi connectivity index (χ0) is 12.1. The molecule has 0 spiro atoms. The molecule has 0 N–H and O–H groups in total. The predicted octanol–water partition coefficient (Wildman–Crippen LogP) is 4.51. The number of hydrogen-bond donors (Lipinski definition) is 0. The van der Waals surface area contributed by atoms with Gasteiger partial charge in [0.2, 0.25) is 7.41 Å². The van der Waals surface area contributed by atoms with Crippen molar-refractivity contribution in [1.29, 1.82) is 0 Å². The molecule has 95 valence electrons. The maximum Gasteiger partial charge on any atom is 0.208 e. The van der Waals surface area contributed by atoms with Crippen molar-refractivity contribution in [1.82, 2.24) is 4.81 Å². The number of unbranched alkanes of at least 4 members (excludes halogenated alkanes) is 7. The van der Waals surface area contributed by atoms with Crippen molar-refractivity contribution in [2.45, 2.75) is 78.5 Å². The van der Waals surface area contributed by atoms with Gasteiger partial charge in [-0.2, -0.15) is 0 Å². The molecular weight excluding hydrogens is 193 g/mol. The van der Waals surface area contributed by atoms with Crippen molar-refractivity contribution in [2.24, 2.45) is 0 Å². The molecule has 16 heavy (non-hydrogen) atoms. The molecule has 0 aliphatic heterocycles. The monoisotopic (exact) mass is 224 g/mol. The molecular formula is C14H31BN. The summed E-state index contributed by atoms with van der Waals surface area (Å²) in [5.74, 6) is 0. The van der Waals surface area contributed by atoms with E-state index in [1.54, 1.807) is 0 Å². The van der Waals surface area contributed by atoms with Gasteiger partial charge in [0.25, 0.3) is 0 Å². The first kappa shape index (κ1) is 16.0. The number of hydrogen-bond acceptors (Lipinski definition) is 1.